The number of rotatable bonds is 26. The molecule has 0 radical (unpaired) electrons. The van der Waals surface area contributed by atoms with E-state index >= 15 is 0 Å². The number of alkyl halides is 4. The molecule has 0 atom stereocenters. The molecule has 3 rings (SSSR count). The number of hydrogen-bond acceptors (Lipinski definition) is 8. The Balaban J connectivity index is 1.35. The van der Waals surface area contributed by atoms with Gasteiger partial charge < -0.3 is 28.4 Å². The minimum absolute atomic E-state index is 0.205. The van der Waals surface area contributed by atoms with Crippen molar-refractivity contribution in [2.45, 2.75) is 76.9 Å². The standard InChI is InChI=1S/C42H48F4O8/c1-3-39(47)51-31-15-11-7-5-9-13-29-49-35-21-17-33(18-22-35)41(43,44)53-37-25-27-38(28-26-37)54-42(45,46)34-19-23-36(24-20-34)50-30-14-10-6-8-12-16-32-52-40(48)4-2/h3,11-12,15-28H,1,4-10,13-14,29-32H2,2H3/b15-11+,16-12+. The van der Waals surface area contributed by atoms with Gasteiger partial charge in [0.15, 0.2) is 0 Å². The second-order valence-electron chi connectivity index (χ2n) is 12.0. The fourth-order valence-electron chi connectivity index (χ4n) is 4.75. The van der Waals surface area contributed by atoms with Gasteiger partial charge in [-0.05, 0) is 124 Å². The summed E-state index contributed by atoms with van der Waals surface area (Å²) in [6, 6.07) is 15.0. The molecule has 0 heterocycles. The van der Waals surface area contributed by atoms with Crippen LogP contribution >= 0.6 is 0 Å². The zero-order valence-electron chi connectivity index (χ0n) is 30.5. The molecule has 0 spiro atoms. The third-order valence-corrected chi connectivity index (χ3v) is 7.72. The fourth-order valence-corrected chi connectivity index (χ4v) is 4.75. The summed E-state index contributed by atoms with van der Waals surface area (Å²) < 4.78 is 90.5. The van der Waals surface area contributed by atoms with Gasteiger partial charge in [0, 0.05) is 12.5 Å². The van der Waals surface area contributed by atoms with Gasteiger partial charge in [0.05, 0.1) is 24.3 Å². The maximum atomic E-state index is 14.9. The predicted octanol–water partition coefficient (Wildman–Crippen LogP) is 10.6. The minimum Gasteiger partial charge on any atom is -0.494 e. The molecule has 0 N–H and O–H groups in total. The second-order valence-corrected chi connectivity index (χ2v) is 12.0. The summed E-state index contributed by atoms with van der Waals surface area (Å²) in [7, 11) is 0. The predicted molar refractivity (Wildman–Crippen MR) is 197 cm³/mol. The molecule has 54 heavy (non-hydrogen) atoms. The number of esters is 2. The van der Waals surface area contributed by atoms with Crippen LogP contribution < -0.4 is 18.9 Å². The number of carbonyl (C=O) groups is 2. The molecule has 0 bridgehead atoms. The third-order valence-electron chi connectivity index (χ3n) is 7.72. The Labute approximate surface area is 314 Å². The van der Waals surface area contributed by atoms with Crippen LogP contribution in [-0.2, 0) is 31.3 Å². The van der Waals surface area contributed by atoms with Crippen LogP contribution in [0.5, 0.6) is 23.0 Å². The highest BCUT2D eigenvalue weighted by molar-refractivity contribution is 5.81. The van der Waals surface area contributed by atoms with E-state index in [1.54, 1.807) is 13.0 Å². The Kier molecular flexibility index (Phi) is 18.7. The maximum absolute atomic E-state index is 14.9. The topological polar surface area (TPSA) is 89.5 Å². The van der Waals surface area contributed by atoms with Crippen molar-refractivity contribution in [3.63, 3.8) is 0 Å². The van der Waals surface area contributed by atoms with Crippen molar-refractivity contribution < 1.29 is 55.6 Å². The number of hydrogen-bond donors (Lipinski definition) is 0. The molecule has 12 heteroatoms. The number of halogens is 4. The number of allylic oxidation sites excluding steroid dienone is 2. The summed E-state index contributed by atoms with van der Waals surface area (Å²) >= 11 is 0. The van der Waals surface area contributed by atoms with Crippen molar-refractivity contribution in [3.8, 4) is 23.0 Å². The molecule has 0 amide bonds. The van der Waals surface area contributed by atoms with Crippen LogP contribution in [0.1, 0.15) is 75.8 Å². The first-order valence-corrected chi connectivity index (χ1v) is 18.0. The Morgan fingerprint density at radius 1 is 0.574 bits per heavy atom. The first-order valence-electron chi connectivity index (χ1n) is 18.0. The lowest BCUT2D eigenvalue weighted by Gasteiger charge is -2.20. The molecule has 0 unspecified atom stereocenters. The number of carbonyl (C=O) groups excluding carboxylic acids is 2. The Hall–Kier alpha value is -5.26. The van der Waals surface area contributed by atoms with Gasteiger partial charge >= 0.3 is 24.2 Å². The summed E-state index contributed by atoms with van der Waals surface area (Å²) in [5.41, 5.74) is -0.808. The van der Waals surface area contributed by atoms with Crippen LogP contribution in [0.4, 0.5) is 17.6 Å². The van der Waals surface area contributed by atoms with Crippen molar-refractivity contribution in [2.75, 3.05) is 26.4 Å². The molecule has 8 nitrogen and oxygen atoms in total. The Bertz CT molecular complexity index is 1600. The van der Waals surface area contributed by atoms with Crippen LogP contribution in [0, 0.1) is 0 Å². The van der Waals surface area contributed by atoms with Crippen molar-refractivity contribution >= 4 is 11.9 Å². The molecular formula is C42H48F4O8. The molecule has 292 valence electrons. The van der Waals surface area contributed by atoms with Gasteiger partial charge in [-0.1, -0.05) is 37.8 Å². The van der Waals surface area contributed by atoms with Gasteiger partial charge in [-0.15, -0.1) is 0 Å². The number of benzene rings is 3. The van der Waals surface area contributed by atoms with Gasteiger partial charge in [-0.2, -0.15) is 17.6 Å². The number of ether oxygens (including phenoxy) is 6. The molecule has 0 saturated carbocycles. The van der Waals surface area contributed by atoms with Crippen molar-refractivity contribution in [2.24, 2.45) is 0 Å². The maximum Gasteiger partial charge on any atom is 0.426 e. The van der Waals surface area contributed by atoms with E-state index in [4.69, 9.17) is 28.4 Å². The molecule has 0 aliphatic carbocycles. The summed E-state index contributed by atoms with van der Waals surface area (Å²) in [4.78, 5) is 22.0. The highest BCUT2D eigenvalue weighted by Crippen LogP contribution is 2.36. The largest absolute Gasteiger partial charge is 0.494 e. The second kappa shape index (κ2) is 23.4. The van der Waals surface area contributed by atoms with Crippen LogP contribution in [-0.4, -0.2) is 38.4 Å². The average Bonchev–Trinajstić information content (AvgIpc) is 3.17. The van der Waals surface area contributed by atoms with E-state index in [0.717, 1.165) is 81.7 Å². The summed E-state index contributed by atoms with van der Waals surface area (Å²) in [5.74, 6) is -0.299. The van der Waals surface area contributed by atoms with Gasteiger partial charge in [0.25, 0.3) is 0 Å². The highest BCUT2D eigenvalue weighted by Gasteiger charge is 2.36. The summed E-state index contributed by atoms with van der Waals surface area (Å²) in [5, 5.41) is 0. The molecule has 0 aliphatic rings. The zero-order valence-corrected chi connectivity index (χ0v) is 30.5. The summed E-state index contributed by atoms with van der Waals surface area (Å²) in [6.45, 7) is 6.40. The zero-order chi connectivity index (χ0) is 39.1. The van der Waals surface area contributed by atoms with Gasteiger partial charge in [0.2, 0.25) is 0 Å². The summed E-state index contributed by atoms with van der Waals surface area (Å²) in [6.07, 6.45) is 8.46. The molecule has 3 aromatic rings. The Morgan fingerprint density at radius 2 is 0.981 bits per heavy atom. The van der Waals surface area contributed by atoms with Gasteiger partial charge in [0.1, 0.15) is 36.2 Å². The lowest BCUT2D eigenvalue weighted by atomic mass is 10.2. The minimum atomic E-state index is -3.70. The SMILES string of the molecule is C=CC(=O)OC/C=C/CCCCCOc1ccc(C(F)(F)Oc2ccc(OC(F)(F)c3ccc(OCCCCC/C=C/COC(=O)CC)cc3)cc2)cc1. The highest BCUT2D eigenvalue weighted by atomic mass is 19.3. The van der Waals surface area contributed by atoms with Crippen LogP contribution in [0.15, 0.2) is 110 Å². The van der Waals surface area contributed by atoms with Gasteiger partial charge in [-0.3, -0.25) is 4.79 Å². The van der Waals surface area contributed by atoms with Crippen LogP contribution in [0.2, 0.25) is 0 Å². The third kappa shape index (κ3) is 16.6. The number of unbranched alkanes of at least 4 members (excludes halogenated alkanes) is 6. The quantitative estimate of drug-likeness (QED) is 0.0263. The van der Waals surface area contributed by atoms with E-state index in [-0.39, 0.29) is 30.7 Å². The fraction of sp³-hybridized carbons (Fsp3) is 0.381. The molecule has 0 saturated heterocycles. The van der Waals surface area contributed by atoms with Crippen molar-refractivity contribution in [1.82, 2.24) is 0 Å². The average molecular weight is 757 g/mol. The lowest BCUT2D eigenvalue weighted by Crippen LogP contribution is -2.22. The van der Waals surface area contributed by atoms with Crippen LogP contribution in [0.25, 0.3) is 0 Å². The molecule has 3 aromatic carbocycles. The lowest BCUT2D eigenvalue weighted by molar-refractivity contribution is -0.188. The van der Waals surface area contributed by atoms with E-state index < -0.39 is 29.3 Å². The van der Waals surface area contributed by atoms with Crippen molar-refractivity contribution in [1.29, 1.82) is 0 Å². The van der Waals surface area contributed by atoms with E-state index in [0.29, 0.717) is 31.1 Å². The Morgan fingerprint density at radius 3 is 1.39 bits per heavy atom. The van der Waals surface area contributed by atoms with E-state index in [1.165, 1.54) is 48.5 Å². The molecule has 0 aliphatic heterocycles. The van der Waals surface area contributed by atoms with Crippen LogP contribution in [0.3, 0.4) is 0 Å². The van der Waals surface area contributed by atoms with Gasteiger partial charge in [-0.25, -0.2) is 4.79 Å². The van der Waals surface area contributed by atoms with E-state index in [9.17, 15) is 27.2 Å². The first-order chi connectivity index (χ1) is 26.0. The van der Waals surface area contributed by atoms with E-state index in [2.05, 4.69) is 6.58 Å². The smallest absolute Gasteiger partial charge is 0.426 e. The normalized spacial score (nSPS) is 11.7. The monoisotopic (exact) mass is 756 g/mol. The molecular weight excluding hydrogens is 708 g/mol. The molecule has 0 aromatic heterocycles. The van der Waals surface area contributed by atoms with Crippen molar-refractivity contribution in [3.05, 3.63) is 121 Å². The molecule has 0 fully saturated rings. The van der Waals surface area contributed by atoms with E-state index in [1.807, 2.05) is 18.2 Å². The first kappa shape index (κ1) is 43.1.